The summed E-state index contributed by atoms with van der Waals surface area (Å²) in [5.41, 5.74) is 1.59. The van der Waals surface area contributed by atoms with E-state index in [0.717, 1.165) is 48.0 Å². The third-order valence-electron chi connectivity index (χ3n) is 5.07. The van der Waals surface area contributed by atoms with E-state index in [-0.39, 0.29) is 11.9 Å². The van der Waals surface area contributed by atoms with Crippen LogP contribution in [0.3, 0.4) is 0 Å². The third-order valence-corrected chi connectivity index (χ3v) is 6.15. The van der Waals surface area contributed by atoms with Crippen LogP contribution in [0.1, 0.15) is 39.0 Å². The second kappa shape index (κ2) is 8.87. The van der Waals surface area contributed by atoms with E-state index in [1.807, 2.05) is 18.3 Å². The van der Waals surface area contributed by atoms with Crippen LogP contribution in [0.25, 0.3) is 22.4 Å². The molecule has 3 N–H and O–H groups in total. The number of pyridine rings is 1. The average Bonchev–Trinajstić information content (AvgIpc) is 3.15. The summed E-state index contributed by atoms with van der Waals surface area (Å²) in [5, 5.41) is 4.27. The zero-order chi connectivity index (χ0) is 19.3. The molecule has 2 atom stereocenters. The number of anilines is 1. The highest BCUT2D eigenvalue weighted by Crippen LogP contribution is 2.28. The molecular weight excluding hydrogens is 375 g/mol. The maximum absolute atomic E-state index is 14.5. The molecule has 4 rings (SSSR count). The van der Waals surface area contributed by atoms with Crippen molar-refractivity contribution in [3.63, 3.8) is 0 Å². The Morgan fingerprint density at radius 1 is 1.25 bits per heavy atom. The predicted molar refractivity (Wildman–Crippen MR) is 113 cm³/mol. The fourth-order valence-electron chi connectivity index (χ4n) is 3.63. The van der Waals surface area contributed by atoms with Gasteiger partial charge < -0.3 is 10.3 Å². The molecule has 0 aliphatic heterocycles. The molecule has 0 aromatic carbocycles. The largest absolute Gasteiger partial charge is 0.363 e. The van der Waals surface area contributed by atoms with Gasteiger partial charge in [-0.25, -0.2) is 19.3 Å². The number of hydrogen-bond donors (Lipinski definition) is 3. The molecule has 148 valence electrons. The Labute approximate surface area is 168 Å². The van der Waals surface area contributed by atoms with E-state index in [1.54, 1.807) is 18.1 Å². The van der Waals surface area contributed by atoms with Gasteiger partial charge >= 0.3 is 0 Å². The van der Waals surface area contributed by atoms with Crippen molar-refractivity contribution in [2.75, 3.05) is 11.1 Å². The summed E-state index contributed by atoms with van der Waals surface area (Å²) in [6.07, 6.45) is 10.4. The van der Waals surface area contributed by atoms with Gasteiger partial charge in [-0.2, -0.15) is 0 Å². The zero-order valence-electron chi connectivity index (χ0n) is 15.9. The quantitative estimate of drug-likeness (QED) is 0.399. The smallest absolute Gasteiger partial charge is 0.183 e. The highest BCUT2D eigenvalue weighted by Gasteiger charge is 2.26. The summed E-state index contributed by atoms with van der Waals surface area (Å²) < 4.78 is 18.0. The Morgan fingerprint density at radius 2 is 2.11 bits per heavy atom. The van der Waals surface area contributed by atoms with Crippen LogP contribution in [0, 0.1) is 5.82 Å². The Kier molecular flexibility index (Phi) is 6.07. The molecule has 3 aromatic heterocycles. The fourth-order valence-corrected chi connectivity index (χ4v) is 4.45. The molecular formula is C20H25FN6S. The molecule has 0 spiro atoms. The van der Waals surface area contributed by atoms with Crippen molar-refractivity contribution in [1.29, 1.82) is 0 Å². The molecule has 28 heavy (non-hydrogen) atoms. The number of halogens is 1. The Morgan fingerprint density at radius 3 is 2.96 bits per heavy atom. The molecule has 1 saturated carbocycles. The lowest BCUT2D eigenvalue weighted by atomic mass is 9.91. The second-order valence-corrected chi connectivity index (χ2v) is 8.03. The summed E-state index contributed by atoms with van der Waals surface area (Å²) in [7, 11) is 0. The van der Waals surface area contributed by atoms with Gasteiger partial charge in [-0.15, -0.1) is 0 Å². The SMILES string of the molecule is CCCSNC1CCCC[C@H]1Nc1nc(-c2c[nH]c3ncccc23)ncc1F. The van der Waals surface area contributed by atoms with E-state index in [9.17, 15) is 4.39 Å². The van der Waals surface area contributed by atoms with Crippen molar-refractivity contribution < 1.29 is 4.39 Å². The first kappa shape index (κ1) is 19.1. The van der Waals surface area contributed by atoms with Crippen LogP contribution >= 0.6 is 11.9 Å². The monoisotopic (exact) mass is 400 g/mol. The van der Waals surface area contributed by atoms with Crippen LogP contribution in [-0.2, 0) is 0 Å². The van der Waals surface area contributed by atoms with Gasteiger partial charge in [0.1, 0.15) is 5.65 Å². The minimum absolute atomic E-state index is 0.153. The van der Waals surface area contributed by atoms with Crippen molar-refractivity contribution in [3.8, 4) is 11.4 Å². The van der Waals surface area contributed by atoms with Gasteiger partial charge in [-0.1, -0.05) is 31.7 Å². The highest BCUT2D eigenvalue weighted by molar-refractivity contribution is 7.97. The van der Waals surface area contributed by atoms with E-state index < -0.39 is 5.82 Å². The molecule has 3 heterocycles. The Bertz CT molecular complexity index is 930. The molecule has 0 radical (unpaired) electrons. The first-order valence-electron chi connectivity index (χ1n) is 9.85. The molecule has 1 aliphatic carbocycles. The molecule has 0 bridgehead atoms. The van der Waals surface area contributed by atoms with Gasteiger partial charge in [-0.3, -0.25) is 4.72 Å². The first-order valence-corrected chi connectivity index (χ1v) is 10.8. The number of rotatable bonds is 7. The van der Waals surface area contributed by atoms with Crippen molar-refractivity contribution in [2.45, 2.75) is 51.1 Å². The van der Waals surface area contributed by atoms with Crippen LogP contribution < -0.4 is 10.0 Å². The summed E-state index contributed by atoms with van der Waals surface area (Å²) in [4.78, 5) is 16.1. The lowest BCUT2D eigenvalue weighted by Gasteiger charge is -2.33. The van der Waals surface area contributed by atoms with Gasteiger partial charge in [0.05, 0.1) is 6.20 Å². The zero-order valence-corrected chi connectivity index (χ0v) is 16.7. The molecule has 8 heteroatoms. The number of aromatic nitrogens is 4. The van der Waals surface area contributed by atoms with Crippen molar-refractivity contribution in [1.82, 2.24) is 24.7 Å². The predicted octanol–water partition coefficient (Wildman–Crippen LogP) is 4.53. The van der Waals surface area contributed by atoms with Crippen LogP contribution in [-0.4, -0.2) is 37.8 Å². The molecule has 1 fully saturated rings. The minimum atomic E-state index is -0.424. The number of aromatic amines is 1. The summed E-state index contributed by atoms with van der Waals surface area (Å²) in [5.74, 6) is 1.41. The number of fused-ring (bicyclic) bond motifs is 1. The molecule has 1 unspecified atom stereocenters. The standard InChI is InChI=1S/C20H25FN6S/c1-2-10-28-27-17-8-4-3-7-16(17)25-20-15(21)12-24-19(26-20)14-11-23-18-13(14)6-5-9-22-18/h5-6,9,11-12,16-17,27H,2-4,7-8,10H2,1H3,(H,22,23)(H,24,25,26)/t16-,17?/m1/s1. The summed E-state index contributed by atoms with van der Waals surface area (Å²) >= 11 is 1.75. The van der Waals surface area contributed by atoms with Gasteiger partial charge in [0, 0.05) is 41.2 Å². The Hall–Kier alpha value is -2.19. The maximum Gasteiger partial charge on any atom is 0.183 e. The van der Waals surface area contributed by atoms with Crippen LogP contribution in [0.15, 0.2) is 30.7 Å². The van der Waals surface area contributed by atoms with E-state index in [2.05, 4.69) is 36.9 Å². The highest BCUT2D eigenvalue weighted by atomic mass is 32.2. The van der Waals surface area contributed by atoms with Crippen LogP contribution in [0.4, 0.5) is 10.2 Å². The lowest BCUT2D eigenvalue weighted by Crippen LogP contribution is -2.44. The van der Waals surface area contributed by atoms with E-state index in [4.69, 9.17) is 0 Å². The second-order valence-electron chi connectivity index (χ2n) is 7.10. The third kappa shape index (κ3) is 4.12. The van der Waals surface area contributed by atoms with Crippen LogP contribution in [0.5, 0.6) is 0 Å². The average molecular weight is 401 g/mol. The lowest BCUT2D eigenvalue weighted by molar-refractivity contribution is 0.385. The first-order chi connectivity index (χ1) is 13.8. The van der Waals surface area contributed by atoms with E-state index >= 15 is 0 Å². The Balaban J connectivity index is 1.57. The minimum Gasteiger partial charge on any atom is -0.363 e. The maximum atomic E-state index is 14.5. The number of nitrogens with zero attached hydrogens (tertiary/aromatic N) is 3. The molecule has 0 amide bonds. The van der Waals surface area contributed by atoms with Gasteiger partial charge in [-0.05, 0) is 31.4 Å². The van der Waals surface area contributed by atoms with Gasteiger partial charge in [0.2, 0.25) is 0 Å². The fraction of sp³-hybridized carbons (Fsp3) is 0.450. The number of H-pyrrole nitrogens is 1. The number of hydrogen-bond acceptors (Lipinski definition) is 6. The molecule has 0 saturated heterocycles. The number of nitrogens with one attached hydrogen (secondary N) is 3. The van der Waals surface area contributed by atoms with Crippen molar-refractivity contribution in [2.24, 2.45) is 0 Å². The molecule has 3 aromatic rings. The van der Waals surface area contributed by atoms with Crippen molar-refractivity contribution >= 4 is 28.8 Å². The summed E-state index contributed by atoms with van der Waals surface area (Å²) in [6, 6.07) is 4.29. The van der Waals surface area contributed by atoms with Gasteiger partial charge in [0.25, 0.3) is 0 Å². The van der Waals surface area contributed by atoms with Crippen LogP contribution in [0.2, 0.25) is 0 Å². The summed E-state index contributed by atoms with van der Waals surface area (Å²) in [6.45, 7) is 2.17. The van der Waals surface area contributed by atoms with Crippen molar-refractivity contribution in [3.05, 3.63) is 36.5 Å². The van der Waals surface area contributed by atoms with E-state index in [1.165, 1.54) is 12.6 Å². The molecule has 6 nitrogen and oxygen atoms in total. The van der Waals surface area contributed by atoms with E-state index in [0.29, 0.717) is 11.9 Å². The topological polar surface area (TPSA) is 78.5 Å². The normalized spacial score (nSPS) is 19.8. The molecule has 1 aliphatic rings. The van der Waals surface area contributed by atoms with Gasteiger partial charge in [0.15, 0.2) is 17.5 Å².